The highest BCUT2D eigenvalue weighted by molar-refractivity contribution is 7.89. The van der Waals surface area contributed by atoms with E-state index in [1.165, 1.54) is 19.2 Å². The van der Waals surface area contributed by atoms with Crippen LogP contribution in [0.1, 0.15) is 12.0 Å². The molecular formula is C13H17FN2O3S. The lowest BCUT2D eigenvalue weighted by Gasteiger charge is -2.07. The van der Waals surface area contributed by atoms with Gasteiger partial charge in [-0.2, -0.15) is 0 Å². The first-order valence-corrected chi connectivity index (χ1v) is 7.46. The molecule has 3 N–H and O–H groups in total. The van der Waals surface area contributed by atoms with E-state index in [-0.39, 0.29) is 13.1 Å². The van der Waals surface area contributed by atoms with E-state index in [2.05, 4.69) is 16.6 Å². The van der Waals surface area contributed by atoms with Crippen molar-refractivity contribution in [2.75, 3.05) is 26.8 Å². The summed E-state index contributed by atoms with van der Waals surface area (Å²) in [5, 5.41) is 0. The predicted octanol–water partition coefficient (Wildman–Crippen LogP) is 0.451. The van der Waals surface area contributed by atoms with Gasteiger partial charge < -0.3 is 10.5 Å². The van der Waals surface area contributed by atoms with E-state index >= 15 is 0 Å². The maximum Gasteiger partial charge on any atom is 0.243 e. The molecule has 0 heterocycles. The van der Waals surface area contributed by atoms with E-state index in [4.69, 9.17) is 10.5 Å². The molecule has 1 aromatic carbocycles. The third-order valence-electron chi connectivity index (χ3n) is 2.37. The fourth-order valence-corrected chi connectivity index (χ4v) is 2.58. The number of hydrogen-bond donors (Lipinski definition) is 2. The zero-order valence-corrected chi connectivity index (χ0v) is 12.0. The Morgan fingerprint density at radius 3 is 2.80 bits per heavy atom. The van der Waals surface area contributed by atoms with Gasteiger partial charge >= 0.3 is 0 Å². The van der Waals surface area contributed by atoms with Gasteiger partial charge in [-0.1, -0.05) is 11.8 Å². The van der Waals surface area contributed by atoms with Crippen molar-refractivity contribution in [3.05, 3.63) is 29.6 Å². The summed E-state index contributed by atoms with van der Waals surface area (Å²) in [6, 6.07) is 3.70. The second-order valence-electron chi connectivity index (χ2n) is 3.90. The van der Waals surface area contributed by atoms with Crippen LogP contribution in [0.15, 0.2) is 23.1 Å². The van der Waals surface area contributed by atoms with Crippen LogP contribution in [0.5, 0.6) is 0 Å². The zero-order valence-electron chi connectivity index (χ0n) is 11.1. The van der Waals surface area contributed by atoms with Crippen molar-refractivity contribution in [1.29, 1.82) is 0 Å². The van der Waals surface area contributed by atoms with Gasteiger partial charge in [0.25, 0.3) is 0 Å². The molecule has 0 fully saturated rings. The van der Waals surface area contributed by atoms with E-state index in [9.17, 15) is 12.8 Å². The van der Waals surface area contributed by atoms with Crippen LogP contribution in [0.3, 0.4) is 0 Å². The topological polar surface area (TPSA) is 81.4 Å². The lowest BCUT2D eigenvalue weighted by Crippen LogP contribution is -2.26. The van der Waals surface area contributed by atoms with Crippen LogP contribution in [0.4, 0.5) is 4.39 Å². The number of methoxy groups -OCH3 is 1. The number of benzene rings is 1. The summed E-state index contributed by atoms with van der Waals surface area (Å²) in [5.41, 5.74) is 5.59. The minimum Gasteiger partial charge on any atom is -0.385 e. The van der Waals surface area contributed by atoms with E-state index in [0.29, 0.717) is 18.6 Å². The van der Waals surface area contributed by atoms with Gasteiger partial charge in [-0.05, 0) is 24.6 Å². The molecule has 20 heavy (non-hydrogen) atoms. The molecule has 0 atom stereocenters. The van der Waals surface area contributed by atoms with Gasteiger partial charge in [-0.3, -0.25) is 0 Å². The van der Waals surface area contributed by atoms with Crippen molar-refractivity contribution in [1.82, 2.24) is 4.72 Å². The van der Waals surface area contributed by atoms with Crippen molar-refractivity contribution in [2.24, 2.45) is 5.73 Å². The lowest BCUT2D eigenvalue weighted by atomic mass is 10.2. The molecule has 0 saturated carbocycles. The Balaban J connectivity index is 2.85. The van der Waals surface area contributed by atoms with Crippen molar-refractivity contribution in [3.63, 3.8) is 0 Å². The fraction of sp³-hybridized carbons (Fsp3) is 0.385. The van der Waals surface area contributed by atoms with Crippen LogP contribution in [0.2, 0.25) is 0 Å². The summed E-state index contributed by atoms with van der Waals surface area (Å²) in [6.07, 6.45) is 0.511. The van der Waals surface area contributed by atoms with Crippen LogP contribution in [0, 0.1) is 17.7 Å². The Kier molecular flexibility index (Phi) is 6.61. The van der Waals surface area contributed by atoms with E-state index in [1.54, 1.807) is 0 Å². The van der Waals surface area contributed by atoms with Gasteiger partial charge in [0.1, 0.15) is 10.7 Å². The van der Waals surface area contributed by atoms with Crippen LogP contribution < -0.4 is 10.5 Å². The largest absolute Gasteiger partial charge is 0.385 e. The molecule has 0 spiro atoms. The monoisotopic (exact) mass is 300 g/mol. The minimum atomic E-state index is -3.86. The molecule has 1 rings (SSSR count). The summed E-state index contributed by atoms with van der Waals surface area (Å²) < 4.78 is 44.7. The molecule has 0 aliphatic heterocycles. The predicted molar refractivity (Wildman–Crippen MR) is 74.0 cm³/mol. The maximum absolute atomic E-state index is 13.8. The van der Waals surface area contributed by atoms with Gasteiger partial charge in [0.15, 0.2) is 0 Å². The van der Waals surface area contributed by atoms with Crippen molar-refractivity contribution in [3.8, 4) is 11.8 Å². The van der Waals surface area contributed by atoms with Gasteiger partial charge in [0.05, 0.1) is 6.54 Å². The van der Waals surface area contributed by atoms with E-state index in [1.807, 2.05) is 0 Å². The quantitative estimate of drug-likeness (QED) is 0.590. The molecule has 0 saturated heterocycles. The van der Waals surface area contributed by atoms with E-state index in [0.717, 1.165) is 6.07 Å². The van der Waals surface area contributed by atoms with Crippen LogP contribution in [-0.2, 0) is 14.8 Å². The molecule has 7 heteroatoms. The number of hydrogen-bond acceptors (Lipinski definition) is 4. The van der Waals surface area contributed by atoms with Crippen molar-refractivity contribution in [2.45, 2.75) is 11.3 Å². The number of nitrogens with one attached hydrogen (secondary N) is 1. The number of halogens is 1. The standard InChI is InChI=1S/C13H17FN2O3S/c1-19-9-3-8-16-20(17,18)13-6-5-11(4-2-7-15)10-12(13)14/h5-6,10,16H,3,7-9,15H2,1H3. The average molecular weight is 300 g/mol. The molecule has 110 valence electrons. The molecule has 0 aliphatic rings. The summed E-state index contributed by atoms with van der Waals surface area (Å²) >= 11 is 0. The lowest BCUT2D eigenvalue weighted by molar-refractivity contribution is 0.196. The zero-order chi connectivity index (χ0) is 15.0. The second kappa shape index (κ2) is 7.97. The third kappa shape index (κ3) is 4.90. The molecule has 0 unspecified atom stereocenters. The summed E-state index contributed by atoms with van der Waals surface area (Å²) in [7, 11) is -2.34. The fourth-order valence-electron chi connectivity index (χ4n) is 1.45. The summed E-state index contributed by atoms with van der Waals surface area (Å²) in [5.74, 6) is 4.37. The van der Waals surface area contributed by atoms with Gasteiger partial charge in [-0.25, -0.2) is 17.5 Å². The third-order valence-corrected chi connectivity index (χ3v) is 3.87. The van der Waals surface area contributed by atoms with Gasteiger partial charge in [-0.15, -0.1) is 0 Å². The normalized spacial score (nSPS) is 10.9. The van der Waals surface area contributed by atoms with Gasteiger partial charge in [0.2, 0.25) is 10.0 Å². The average Bonchev–Trinajstić information content (AvgIpc) is 2.41. The SMILES string of the molecule is COCCCNS(=O)(=O)c1ccc(C#CCN)cc1F. The number of rotatable bonds is 6. The number of ether oxygens (including phenoxy) is 1. The Bertz CT molecular complexity index is 606. The van der Waals surface area contributed by atoms with Crippen LogP contribution in [-0.4, -0.2) is 35.2 Å². The smallest absolute Gasteiger partial charge is 0.243 e. The molecule has 0 aliphatic carbocycles. The highest BCUT2D eigenvalue weighted by atomic mass is 32.2. The number of sulfonamides is 1. The minimum absolute atomic E-state index is 0.155. The number of nitrogens with two attached hydrogens (primary N) is 1. The van der Waals surface area contributed by atoms with Gasteiger partial charge in [0, 0.05) is 25.8 Å². The Morgan fingerprint density at radius 2 is 2.20 bits per heavy atom. The van der Waals surface area contributed by atoms with Crippen molar-refractivity contribution >= 4 is 10.0 Å². The van der Waals surface area contributed by atoms with Crippen LogP contribution in [0.25, 0.3) is 0 Å². The molecule has 0 bridgehead atoms. The first-order chi connectivity index (χ1) is 9.51. The first kappa shape index (κ1) is 16.6. The molecule has 0 aromatic heterocycles. The summed E-state index contributed by atoms with van der Waals surface area (Å²) in [4.78, 5) is -0.395. The second-order valence-corrected chi connectivity index (χ2v) is 5.63. The van der Waals surface area contributed by atoms with Crippen LogP contribution >= 0.6 is 0 Å². The molecular weight excluding hydrogens is 283 g/mol. The first-order valence-electron chi connectivity index (χ1n) is 5.98. The highest BCUT2D eigenvalue weighted by Gasteiger charge is 2.18. The highest BCUT2D eigenvalue weighted by Crippen LogP contribution is 2.15. The molecule has 0 amide bonds. The molecule has 0 radical (unpaired) electrons. The molecule has 5 nitrogen and oxygen atoms in total. The summed E-state index contributed by atoms with van der Waals surface area (Å²) in [6.45, 7) is 0.770. The van der Waals surface area contributed by atoms with E-state index < -0.39 is 20.7 Å². The molecule has 1 aromatic rings. The Labute approximate surface area is 118 Å². The Morgan fingerprint density at radius 1 is 1.45 bits per heavy atom. The maximum atomic E-state index is 13.8. The Hall–Kier alpha value is -1.46. The van der Waals surface area contributed by atoms with Crippen molar-refractivity contribution < 1.29 is 17.5 Å².